The minimum atomic E-state index is -3.11. The second-order valence-electron chi connectivity index (χ2n) is 3.28. The van der Waals surface area contributed by atoms with Gasteiger partial charge in [0.05, 0.1) is 17.9 Å². The molecule has 1 fully saturated rings. The van der Waals surface area contributed by atoms with Gasteiger partial charge in [0.2, 0.25) is 0 Å². The number of halogens is 1. The van der Waals surface area contributed by atoms with Gasteiger partial charge in [-0.2, -0.15) is 0 Å². The van der Waals surface area contributed by atoms with E-state index in [4.69, 9.17) is 5.11 Å². The average molecular weight is 210 g/mol. The van der Waals surface area contributed by atoms with Crippen molar-refractivity contribution < 1.29 is 22.7 Å². The first kappa shape index (κ1) is 10.4. The Hall–Kier alpha value is -0.650. The highest BCUT2D eigenvalue weighted by Gasteiger charge is 2.34. The van der Waals surface area contributed by atoms with Gasteiger partial charge in [-0.25, -0.2) is 12.8 Å². The van der Waals surface area contributed by atoms with Gasteiger partial charge in [0.25, 0.3) is 0 Å². The van der Waals surface area contributed by atoms with Crippen molar-refractivity contribution in [3.8, 4) is 0 Å². The molecule has 1 heterocycles. The maximum absolute atomic E-state index is 13.1. The Morgan fingerprint density at radius 3 is 2.62 bits per heavy atom. The molecule has 1 aliphatic heterocycles. The fourth-order valence-electron chi connectivity index (χ4n) is 1.44. The quantitative estimate of drug-likeness (QED) is 0.724. The third-order valence-corrected chi connectivity index (χ3v) is 3.94. The Labute approximate surface area is 75.7 Å². The second-order valence-corrected chi connectivity index (χ2v) is 5.51. The van der Waals surface area contributed by atoms with Gasteiger partial charge < -0.3 is 5.11 Å². The number of carboxylic acids is 1. The molecule has 0 radical (unpaired) electrons. The molecule has 1 rings (SSSR count). The van der Waals surface area contributed by atoms with Crippen molar-refractivity contribution in [3.63, 3.8) is 0 Å². The summed E-state index contributed by atoms with van der Waals surface area (Å²) in [7, 11) is -3.11. The molecule has 6 heteroatoms. The minimum absolute atomic E-state index is 0.0162. The molecule has 4 nitrogen and oxygen atoms in total. The normalized spacial score (nSPS) is 28.5. The lowest BCUT2D eigenvalue weighted by Gasteiger charge is -2.10. The number of carboxylic acid groups (broad SMARTS) is 1. The zero-order valence-electron chi connectivity index (χ0n) is 6.94. The highest BCUT2D eigenvalue weighted by atomic mass is 32.2. The number of hydrogen-bond acceptors (Lipinski definition) is 3. The Kier molecular flexibility index (Phi) is 2.90. The molecule has 1 saturated heterocycles. The molecule has 0 saturated carbocycles. The largest absolute Gasteiger partial charge is 0.481 e. The van der Waals surface area contributed by atoms with Gasteiger partial charge in [0.1, 0.15) is 6.17 Å². The molecule has 2 atom stereocenters. The van der Waals surface area contributed by atoms with Crippen LogP contribution in [0.4, 0.5) is 4.39 Å². The standard InChI is InChI=1S/C7H11FO4S/c8-6(3-7(9)10)5-1-2-13(11,12)4-5/h5-6H,1-4H2,(H,9,10). The number of rotatable bonds is 3. The summed E-state index contributed by atoms with van der Waals surface area (Å²) in [6, 6.07) is 0. The molecule has 0 aliphatic carbocycles. The predicted octanol–water partition coefficient (Wildman–Crippen LogP) is 0.234. The number of carbonyl (C=O) groups is 1. The van der Waals surface area contributed by atoms with E-state index >= 15 is 0 Å². The Balaban J connectivity index is 2.51. The smallest absolute Gasteiger partial charge is 0.306 e. The van der Waals surface area contributed by atoms with Crippen LogP contribution in [0.1, 0.15) is 12.8 Å². The maximum Gasteiger partial charge on any atom is 0.306 e. The Morgan fingerprint density at radius 1 is 1.62 bits per heavy atom. The van der Waals surface area contributed by atoms with Crippen LogP contribution in [0.3, 0.4) is 0 Å². The highest BCUT2D eigenvalue weighted by Crippen LogP contribution is 2.25. The number of alkyl halides is 1. The molecule has 2 unspecified atom stereocenters. The van der Waals surface area contributed by atoms with Gasteiger partial charge in [0, 0.05) is 5.92 Å². The lowest BCUT2D eigenvalue weighted by molar-refractivity contribution is -0.138. The van der Waals surface area contributed by atoms with Crippen molar-refractivity contribution in [1.82, 2.24) is 0 Å². The summed E-state index contributed by atoms with van der Waals surface area (Å²) >= 11 is 0. The minimum Gasteiger partial charge on any atom is -0.481 e. The number of hydrogen-bond donors (Lipinski definition) is 1. The van der Waals surface area contributed by atoms with Crippen LogP contribution < -0.4 is 0 Å². The summed E-state index contributed by atoms with van der Waals surface area (Å²) in [5.41, 5.74) is 0. The monoisotopic (exact) mass is 210 g/mol. The van der Waals surface area contributed by atoms with Crippen LogP contribution in [0.2, 0.25) is 0 Å². The van der Waals surface area contributed by atoms with Crippen LogP contribution in [-0.4, -0.2) is 37.2 Å². The third-order valence-electron chi connectivity index (χ3n) is 2.15. The third kappa shape index (κ3) is 2.95. The lowest BCUT2D eigenvalue weighted by Crippen LogP contribution is -2.20. The summed E-state index contributed by atoms with van der Waals surface area (Å²) in [4.78, 5) is 10.1. The van der Waals surface area contributed by atoms with Crippen molar-refractivity contribution in [2.24, 2.45) is 5.92 Å². The molecule has 13 heavy (non-hydrogen) atoms. The molecule has 1 N–H and O–H groups in total. The molecule has 0 aromatic carbocycles. The van der Waals surface area contributed by atoms with Gasteiger partial charge in [-0.05, 0) is 6.42 Å². The molecule has 0 aromatic heterocycles. The summed E-state index contributed by atoms with van der Waals surface area (Å²) in [6.07, 6.45) is -1.88. The summed E-state index contributed by atoms with van der Waals surface area (Å²) in [5, 5.41) is 8.28. The summed E-state index contributed by atoms with van der Waals surface area (Å²) in [5.74, 6) is -2.07. The van der Waals surface area contributed by atoms with Crippen molar-refractivity contribution >= 4 is 15.8 Å². The molecule has 0 aromatic rings. The zero-order valence-corrected chi connectivity index (χ0v) is 7.76. The second kappa shape index (κ2) is 3.61. The van der Waals surface area contributed by atoms with Crippen LogP contribution in [0.15, 0.2) is 0 Å². The van der Waals surface area contributed by atoms with E-state index < -0.39 is 34.3 Å². The first-order valence-corrected chi connectivity index (χ1v) is 5.79. The van der Waals surface area contributed by atoms with Crippen molar-refractivity contribution in [1.29, 1.82) is 0 Å². The van der Waals surface area contributed by atoms with Gasteiger partial charge in [-0.15, -0.1) is 0 Å². The van der Waals surface area contributed by atoms with Crippen LogP contribution in [0.5, 0.6) is 0 Å². The summed E-state index contributed by atoms with van der Waals surface area (Å²) in [6.45, 7) is 0. The maximum atomic E-state index is 13.1. The van der Waals surface area contributed by atoms with E-state index in [1.54, 1.807) is 0 Å². The van der Waals surface area contributed by atoms with Crippen molar-refractivity contribution in [2.75, 3.05) is 11.5 Å². The van der Waals surface area contributed by atoms with E-state index in [1.165, 1.54) is 0 Å². The van der Waals surface area contributed by atoms with Crippen LogP contribution in [0.25, 0.3) is 0 Å². The van der Waals surface area contributed by atoms with Gasteiger partial charge in [0.15, 0.2) is 9.84 Å². The van der Waals surface area contributed by atoms with Gasteiger partial charge >= 0.3 is 5.97 Å². The first-order chi connectivity index (χ1) is 5.91. The van der Waals surface area contributed by atoms with Crippen LogP contribution in [-0.2, 0) is 14.6 Å². The van der Waals surface area contributed by atoms with Crippen molar-refractivity contribution in [2.45, 2.75) is 19.0 Å². The molecule has 76 valence electrons. The van der Waals surface area contributed by atoms with E-state index in [0.29, 0.717) is 0 Å². The zero-order chi connectivity index (χ0) is 10.1. The lowest BCUT2D eigenvalue weighted by atomic mass is 10.0. The van der Waals surface area contributed by atoms with Gasteiger partial charge in [-0.1, -0.05) is 0 Å². The molecule has 0 bridgehead atoms. The Morgan fingerprint density at radius 2 is 2.23 bits per heavy atom. The Bertz CT molecular complexity index is 298. The fraction of sp³-hybridized carbons (Fsp3) is 0.857. The predicted molar refractivity (Wildman–Crippen MR) is 43.9 cm³/mol. The molecular weight excluding hydrogens is 199 g/mol. The van der Waals surface area contributed by atoms with E-state index in [-0.39, 0.29) is 17.9 Å². The summed E-state index contributed by atoms with van der Waals surface area (Å²) < 4.78 is 34.9. The van der Waals surface area contributed by atoms with E-state index in [1.807, 2.05) is 0 Å². The molecule has 0 spiro atoms. The molecule has 0 amide bonds. The molecular formula is C7H11FO4S. The SMILES string of the molecule is O=C(O)CC(F)C1CCS(=O)(=O)C1. The molecule has 1 aliphatic rings. The fourth-order valence-corrected chi connectivity index (χ4v) is 3.30. The topological polar surface area (TPSA) is 71.4 Å². The highest BCUT2D eigenvalue weighted by molar-refractivity contribution is 7.91. The van der Waals surface area contributed by atoms with Crippen LogP contribution >= 0.6 is 0 Å². The van der Waals surface area contributed by atoms with Gasteiger partial charge in [-0.3, -0.25) is 4.79 Å². The van der Waals surface area contributed by atoms with E-state index in [0.717, 1.165) is 0 Å². The van der Waals surface area contributed by atoms with Crippen molar-refractivity contribution in [3.05, 3.63) is 0 Å². The first-order valence-electron chi connectivity index (χ1n) is 3.97. The van der Waals surface area contributed by atoms with E-state index in [9.17, 15) is 17.6 Å². The number of aliphatic carboxylic acids is 1. The van der Waals surface area contributed by atoms with E-state index in [2.05, 4.69) is 0 Å². The van der Waals surface area contributed by atoms with Crippen LogP contribution in [0, 0.1) is 5.92 Å². The average Bonchev–Trinajstić information content (AvgIpc) is 2.28. The number of sulfone groups is 1.